The second-order valence-corrected chi connectivity index (χ2v) is 15.7. The SMILES string of the molecule is CC1=C(C#N)C(=O)N(NC(=O)c2ccccc2)C(=O)C1=Nc1ccc(C)c2cnsc12.[C-]#[N+]/C(C#N)=c1/nc(-c2ccccc2)/c(=C/c2c(OC)nc(N(C)C)c3ccccc23)s1. The summed E-state index contributed by atoms with van der Waals surface area (Å²) >= 11 is 2.55. The minimum Gasteiger partial charge on any atom is -0.480 e. The molecule has 63 heavy (non-hydrogen) atoms. The van der Waals surface area contributed by atoms with Gasteiger partial charge in [-0.1, -0.05) is 78.9 Å². The Morgan fingerprint density at radius 2 is 1.60 bits per heavy atom. The quantitative estimate of drug-likeness (QED) is 0.129. The highest BCUT2D eigenvalue weighted by Crippen LogP contribution is 2.34. The van der Waals surface area contributed by atoms with E-state index in [9.17, 15) is 24.9 Å². The van der Waals surface area contributed by atoms with Crippen LogP contribution in [-0.2, 0) is 9.59 Å². The number of aliphatic imine (C=N–C) groups is 1. The molecule has 0 saturated carbocycles. The van der Waals surface area contributed by atoms with Gasteiger partial charge in [0.15, 0.2) is 0 Å². The zero-order chi connectivity index (χ0) is 44.8. The number of hydrazine groups is 1. The number of thiazole rings is 1. The van der Waals surface area contributed by atoms with E-state index < -0.39 is 17.7 Å². The van der Waals surface area contributed by atoms with Crippen molar-refractivity contribution in [3.05, 3.63) is 152 Å². The van der Waals surface area contributed by atoms with Gasteiger partial charge in [0, 0.05) is 53.3 Å². The average molecular weight is 867 g/mol. The number of amides is 3. The third-order valence-electron chi connectivity index (χ3n) is 9.77. The van der Waals surface area contributed by atoms with Crippen molar-refractivity contribution in [1.82, 2.24) is 24.8 Å². The first-order chi connectivity index (χ1) is 30.5. The third-order valence-corrected chi connectivity index (χ3v) is 11.6. The number of nitriles is 2. The molecule has 8 rings (SSSR count). The number of hydrogen-bond acceptors (Lipinski definition) is 13. The van der Waals surface area contributed by atoms with E-state index in [1.807, 2.05) is 105 Å². The van der Waals surface area contributed by atoms with Crippen molar-refractivity contribution in [2.75, 3.05) is 26.1 Å². The highest BCUT2D eigenvalue weighted by Gasteiger charge is 2.38. The molecule has 14 nitrogen and oxygen atoms in total. The van der Waals surface area contributed by atoms with E-state index in [-0.39, 0.29) is 28.1 Å². The molecule has 7 aromatic rings. The predicted molar refractivity (Wildman–Crippen MR) is 244 cm³/mol. The lowest BCUT2D eigenvalue weighted by Crippen LogP contribution is -2.55. The van der Waals surface area contributed by atoms with E-state index in [0.717, 1.165) is 47.9 Å². The maximum absolute atomic E-state index is 13.1. The lowest BCUT2D eigenvalue weighted by molar-refractivity contribution is -0.141. The number of nitrogens with zero attached hydrogens (tertiary/aromatic N) is 9. The molecule has 1 N–H and O–H groups in total. The molecule has 0 saturated heterocycles. The number of imide groups is 1. The summed E-state index contributed by atoms with van der Waals surface area (Å²) < 4.78 is 11.9. The number of aromatic nitrogens is 3. The van der Waals surface area contributed by atoms with Gasteiger partial charge in [0.25, 0.3) is 23.4 Å². The Bertz CT molecular complexity index is 3280. The Morgan fingerprint density at radius 3 is 2.25 bits per heavy atom. The monoisotopic (exact) mass is 866 g/mol. The Labute approximate surface area is 369 Å². The molecule has 4 heterocycles. The zero-order valence-corrected chi connectivity index (χ0v) is 36.0. The number of methoxy groups -OCH3 is 1. The van der Waals surface area contributed by atoms with Gasteiger partial charge in [-0.3, -0.25) is 19.8 Å². The van der Waals surface area contributed by atoms with Crippen LogP contribution in [0.3, 0.4) is 0 Å². The van der Waals surface area contributed by atoms with Crippen LogP contribution >= 0.6 is 22.9 Å². The lowest BCUT2D eigenvalue weighted by Gasteiger charge is -2.26. The summed E-state index contributed by atoms with van der Waals surface area (Å²) in [6, 6.07) is 33.3. The Morgan fingerprint density at radius 1 is 0.921 bits per heavy atom. The summed E-state index contributed by atoms with van der Waals surface area (Å²) in [5, 5.41) is 22.3. The van der Waals surface area contributed by atoms with Crippen molar-refractivity contribution >= 4 is 90.4 Å². The largest absolute Gasteiger partial charge is 0.480 e. The number of pyridine rings is 1. The first-order valence-corrected chi connectivity index (χ1v) is 20.6. The summed E-state index contributed by atoms with van der Waals surface area (Å²) in [6.07, 6.45) is 3.71. The predicted octanol–water partition coefficient (Wildman–Crippen LogP) is 7.04. The molecule has 0 unspecified atom stereocenters. The molecule has 0 radical (unpaired) electrons. The van der Waals surface area contributed by atoms with Crippen LogP contribution in [0.2, 0.25) is 0 Å². The maximum atomic E-state index is 13.1. The van der Waals surface area contributed by atoms with Crippen molar-refractivity contribution < 1.29 is 19.1 Å². The summed E-state index contributed by atoms with van der Waals surface area (Å²) in [6.45, 7) is 10.8. The van der Waals surface area contributed by atoms with Gasteiger partial charge in [-0.15, -0.1) is 11.3 Å². The number of carbonyl (C=O) groups excluding carboxylic acids is 3. The van der Waals surface area contributed by atoms with Crippen LogP contribution in [0.15, 0.2) is 119 Å². The molecule has 1 aliphatic rings. The number of nitrogens with one attached hydrogen (secondary N) is 1. The summed E-state index contributed by atoms with van der Waals surface area (Å²) in [4.78, 5) is 57.5. The number of anilines is 1. The van der Waals surface area contributed by atoms with Gasteiger partial charge in [-0.05, 0) is 60.6 Å². The van der Waals surface area contributed by atoms with Gasteiger partial charge >= 0.3 is 0 Å². The van der Waals surface area contributed by atoms with E-state index in [2.05, 4.69) is 24.6 Å². The number of benzene rings is 4. The molecule has 0 bridgehead atoms. The fourth-order valence-corrected chi connectivity index (χ4v) is 8.37. The highest BCUT2D eigenvalue weighted by molar-refractivity contribution is 7.14. The number of ether oxygens (including phenoxy) is 1. The van der Waals surface area contributed by atoms with Gasteiger partial charge < -0.3 is 9.64 Å². The molecular formula is C47H34N10O4S2. The van der Waals surface area contributed by atoms with Gasteiger partial charge in [0.05, 0.1) is 40.4 Å². The number of carbonyl (C=O) groups is 3. The van der Waals surface area contributed by atoms with E-state index in [4.69, 9.17) is 16.3 Å². The first-order valence-electron chi connectivity index (χ1n) is 19.0. The molecule has 0 fully saturated rings. The van der Waals surface area contributed by atoms with Crippen LogP contribution in [0, 0.1) is 36.2 Å². The summed E-state index contributed by atoms with van der Waals surface area (Å²) in [7, 11) is 5.50. The number of rotatable bonds is 7. The van der Waals surface area contributed by atoms with Gasteiger partial charge in [0.1, 0.15) is 27.8 Å². The first kappa shape index (κ1) is 42.8. The van der Waals surface area contributed by atoms with E-state index >= 15 is 0 Å². The molecule has 0 aliphatic carbocycles. The number of fused-ring (bicyclic) bond motifs is 2. The van der Waals surface area contributed by atoms with Crippen LogP contribution in [0.4, 0.5) is 11.5 Å². The number of aryl methyl sites for hydroxylation is 1. The molecule has 4 aromatic carbocycles. The van der Waals surface area contributed by atoms with Gasteiger partial charge in [0.2, 0.25) is 5.88 Å². The second kappa shape index (κ2) is 18.5. The smallest absolute Gasteiger partial charge is 0.298 e. The third kappa shape index (κ3) is 8.51. The van der Waals surface area contributed by atoms with Crippen molar-refractivity contribution in [3.8, 4) is 29.3 Å². The normalized spacial score (nSPS) is 13.8. The molecule has 3 amide bonds. The molecule has 308 valence electrons. The van der Waals surface area contributed by atoms with Crippen LogP contribution in [0.5, 0.6) is 5.88 Å². The fourth-order valence-electron chi connectivity index (χ4n) is 6.62. The molecule has 1 aliphatic heterocycles. The Hall–Kier alpha value is -8.36. The fraction of sp³-hybridized carbons (Fsp3) is 0.106. The Balaban J connectivity index is 0.000000189. The molecule has 0 atom stereocenters. The Kier molecular flexibility index (Phi) is 12.6. The minimum atomic E-state index is -0.903. The topological polar surface area (TPSA) is 182 Å². The van der Waals surface area contributed by atoms with Gasteiger partial charge in [-0.2, -0.15) is 19.6 Å². The zero-order valence-electron chi connectivity index (χ0n) is 34.4. The van der Waals surface area contributed by atoms with E-state index in [1.54, 1.807) is 49.7 Å². The summed E-state index contributed by atoms with van der Waals surface area (Å²) in [5.41, 5.74) is 6.28. The van der Waals surface area contributed by atoms with Crippen LogP contribution in [0.25, 0.3) is 48.7 Å². The average Bonchev–Trinajstić information content (AvgIpc) is 3.98. The summed E-state index contributed by atoms with van der Waals surface area (Å²) in [5.74, 6) is -1.06. The lowest BCUT2D eigenvalue weighted by atomic mass is 9.99. The van der Waals surface area contributed by atoms with Crippen molar-refractivity contribution in [3.63, 3.8) is 0 Å². The van der Waals surface area contributed by atoms with Crippen molar-refractivity contribution in [2.24, 2.45) is 4.99 Å². The number of hydrogen-bond donors (Lipinski definition) is 1. The van der Waals surface area contributed by atoms with Crippen molar-refractivity contribution in [1.29, 1.82) is 10.5 Å². The van der Waals surface area contributed by atoms with Crippen LogP contribution in [-0.4, -0.2) is 64.0 Å². The standard InChI is InChI=1S/C25H19N5OS.C22H15N5O3S/c1-27-20(15-26)25-28-22(16-10-6-5-7-11-16)21(32-25)14-19-17-12-8-9-13-18(17)23(30(2)3)29-24(19)31-4;1-12-8-9-17(19-16(12)11-24-31-19)25-18-13(2)15(10-23)21(29)27(22(18)30)26-20(28)14-6-4-3-5-7-14/h5-14H,2-4H3;3-9,11H,1-2H3,(H,26,28)/b21-14-,25-20-;. The highest BCUT2D eigenvalue weighted by atomic mass is 32.1. The van der Waals surface area contributed by atoms with Crippen LogP contribution < -0.4 is 24.3 Å². The molecular weight excluding hydrogens is 833 g/mol. The maximum Gasteiger partial charge on any atom is 0.298 e. The van der Waals surface area contributed by atoms with E-state index in [1.165, 1.54) is 29.8 Å². The van der Waals surface area contributed by atoms with Gasteiger partial charge in [-0.25, -0.2) is 20.1 Å². The second-order valence-electron chi connectivity index (χ2n) is 13.9. The molecule has 16 heteroatoms. The van der Waals surface area contributed by atoms with E-state index in [0.29, 0.717) is 26.9 Å². The van der Waals surface area contributed by atoms with Crippen molar-refractivity contribution in [2.45, 2.75) is 13.8 Å². The molecule has 0 spiro atoms. The minimum absolute atomic E-state index is 0.0234. The van der Waals surface area contributed by atoms with Crippen LogP contribution in [0.1, 0.15) is 28.4 Å². The molecule has 3 aromatic heterocycles.